The van der Waals surface area contributed by atoms with Gasteiger partial charge in [0.1, 0.15) is 0 Å². The quantitative estimate of drug-likeness (QED) is 0.895. The van der Waals surface area contributed by atoms with Crippen molar-refractivity contribution in [3.05, 3.63) is 34.9 Å². The minimum absolute atomic E-state index is 0.190. The number of carbonyl (C=O) groups is 1. The number of amides is 1. The number of fused-ring (bicyclic) bond motifs is 1. The molecule has 2 aliphatic rings. The van der Waals surface area contributed by atoms with Gasteiger partial charge in [-0.1, -0.05) is 13.0 Å². The summed E-state index contributed by atoms with van der Waals surface area (Å²) >= 11 is 0. The van der Waals surface area contributed by atoms with Crippen molar-refractivity contribution in [3.63, 3.8) is 0 Å². The van der Waals surface area contributed by atoms with Crippen LogP contribution in [0.15, 0.2) is 18.2 Å². The van der Waals surface area contributed by atoms with Crippen LogP contribution in [0.3, 0.4) is 0 Å². The van der Waals surface area contributed by atoms with E-state index in [2.05, 4.69) is 36.3 Å². The molecule has 2 aliphatic heterocycles. The van der Waals surface area contributed by atoms with Gasteiger partial charge in [-0.05, 0) is 49.7 Å². The van der Waals surface area contributed by atoms with Crippen molar-refractivity contribution < 1.29 is 4.79 Å². The Morgan fingerprint density at radius 3 is 3.00 bits per heavy atom. The number of hydrogen-bond acceptors (Lipinski definition) is 3. The van der Waals surface area contributed by atoms with Gasteiger partial charge in [0.05, 0.1) is 0 Å². The minimum Gasteiger partial charge on any atom is -0.336 e. The summed E-state index contributed by atoms with van der Waals surface area (Å²) in [6, 6.07) is 6.72. The highest BCUT2D eigenvalue weighted by Crippen LogP contribution is 2.19. The molecule has 0 radical (unpaired) electrons. The van der Waals surface area contributed by atoms with Crippen molar-refractivity contribution in [1.29, 1.82) is 0 Å². The van der Waals surface area contributed by atoms with E-state index in [1.54, 1.807) is 0 Å². The SMILES string of the molecule is CCC1CN(C(=O)c2ccc3c(c2)CNCC3)CCN1C. The maximum atomic E-state index is 12.7. The molecule has 0 saturated carbocycles. The zero-order chi connectivity index (χ0) is 14.8. The molecule has 114 valence electrons. The van der Waals surface area contributed by atoms with Crippen LogP contribution in [-0.4, -0.2) is 55.0 Å². The molecule has 1 N–H and O–H groups in total. The van der Waals surface area contributed by atoms with Crippen molar-refractivity contribution in [3.8, 4) is 0 Å². The first-order chi connectivity index (χ1) is 10.2. The molecule has 1 aromatic carbocycles. The molecule has 0 spiro atoms. The van der Waals surface area contributed by atoms with Gasteiger partial charge in [0.2, 0.25) is 0 Å². The first-order valence-electron chi connectivity index (χ1n) is 8.01. The molecule has 1 atom stereocenters. The second-order valence-electron chi connectivity index (χ2n) is 6.20. The van der Waals surface area contributed by atoms with Crippen molar-refractivity contribution in [2.75, 3.05) is 33.2 Å². The third-order valence-corrected chi connectivity index (χ3v) is 4.88. The second-order valence-corrected chi connectivity index (χ2v) is 6.20. The second kappa shape index (κ2) is 6.16. The zero-order valence-corrected chi connectivity index (χ0v) is 13.1. The van der Waals surface area contributed by atoms with Gasteiger partial charge in [0.15, 0.2) is 0 Å². The van der Waals surface area contributed by atoms with Gasteiger partial charge in [0.25, 0.3) is 5.91 Å². The van der Waals surface area contributed by atoms with Crippen LogP contribution >= 0.6 is 0 Å². The Balaban J connectivity index is 1.76. The molecule has 0 aromatic heterocycles. The molecule has 1 unspecified atom stereocenters. The van der Waals surface area contributed by atoms with Crippen molar-refractivity contribution >= 4 is 5.91 Å². The van der Waals surface area contributed by atoms with Crippen LogP contribution in [0.5, 0.6) is 0 Å². The Bertz CT molecular complexity index is 529. The lowest BCUT2D eigenvalue weighted by molar-refractivity contribution is 0.0542. The number of piperazine rings is 1. The van der Waals surface area contributed by atoms with Crippen LogP contribution in [0.2, 0.25) is 0 Å². The predicted octanol–water partition coefficient (Wildman–Crippen LogP) is 1.50. The van der Waals surface area contributed by atoms with Gasteiger partial charge in [-0.25, -0.2) is 0 Å². The topological polar surface area (TPSA) is 35.6 Å². The number of carbonyl (C=O) groups excluding carboxylic acids is 1. The van der Waals surface area contributed by atoms with E-state index < -0.39 is 0 Å². The van der Waals surface area contributed by atoms with E-state index in [0.717, 1.165) is 51.1 Å². The number of nitrogens with zero attached hydrogens (tertiary/aromatic N) is 2. The monoisotopic (exact) mass is 287 g/mol. The highest BCUT2D eigenvalue weighted by Gasteiger charge is 2.27. The van der Waals surface area contributed by atoms with E-state index in [1.165, 1.54) is 11.1 Å². The number of benzene rings is 1. The Morgan fingerprint density at radius 2 is 2.19 bits per heavy atom. The number of nitrogens with one attached hydrogen (secondary N) is 1. The molecule has 0 bridgehead atoms. The highest BCUT2D eigenvalue weighted by molar-refractivity contribution is 5.94. The third-order valence-electron chi connectivity index (χ3n) is 4.88. The Labute approximate surface area is 127 Å². The molecular formula is C17H25N3O. The van der Waals surface area contributed by atoms with Crippen LogP contribution < -0.4 is 5.32 Å². The highest BCUT2D eigenvalue weighted by atomic mass is 16.2. The van der Waals surface area contributed by atoms with Gasteiger partial charge >= 0.3 is 0 Å². The fourth-order valence-electron chi connectivity index (χ4n) is 3.37. The van der Waals surface area contributed by atoms with Crippen molar-refractivity contribution in [1.82, 2.24) is 15.1 Å². The van der Waals surface area contributed by atoms with E-state index in [0.29, 0.717) is 6.04 Å². The van der Waals surface area contributed by atoms with Gasteiger partial charge < -0.3 is 10.2 Å². The predicted molar refractivity (Wildman–Crippen MR) is 84.5 cm³/mol. The Kier molecular flexibility index (Phi) is 4.27. The molecule has 3 rings (SSSR count). The van der Waals surface area contributed by atoms with Crippen LogP contribution in [-0.2, 0) is 13.0 Å². The number of hydrogen-bond donors (Lipinski definition) is 1. The summed E-state index contributed by atoms with van der Waals surface area (Å²) in [7, 11) is 2.15. The molecule has 4 nitrogen and oxygen atoms in total. The molecule has 0 aliphatic carbocycles. The Hall–Kier alpha value is -1.39. The molecule has 2 heterocycles. The summed E-state index contributed by atoms with van der Waals surface area (Å²) in [5, 5.41) is 3.38. The molecule has 1 aromatic rings. The van der Waals surface area contributed by atoms with Crippen LogP contribution in [0, 0.1) is 0 Å². The fourth-order valence-corrected chi connectivity index (χ4v) is 3.37. The summed E-state index contributed by atoms with van der Waals surface area (Å²) in [5.74, 6) is 0.190. The maximum Gasteiger partial charge on any atom is 0.253 e. The van der Waals surface area contributed by atoms with E-state index in [1.807, 2.05) is 11.0 Å². The maximum absolute atomic E-state index is 12.7. The van der Waals surface area contributed by atoms with Crippen LogP contribution in [0.4, 0.5) is 0 Å². The summed E-state index contributed by atoms with van der Waals surface area (Å²) in [4.78, 5) is 17.1. The van der Waals surface area contributed by atoms with E-state index in [-0.39, 0.29) is 5.91 Å². The van der Waals surface area contributed by atoms with Crippen LogP contribution in [0.1, 0.15) is 34.8 Å². The van der Waals surface area contributed by atoms with Crippen LogP contribution in [0.25, 0.3) is 0 Å². The molecule has 1 saturated heterocycles. The van der Waals surface area contributed by atoms with Gasteiger partial charge in [-0.3, -0.25) is 9.69 Å². The largest absolute Gasteiger partial charge is 0.336 e. The number of rotatable bonds is 2. The van der Waals surface area contributed by atoms with Crippen molar-refractivity contribution in [2.45, 2.75) is 32.4 Å². The van der Waals surface area contributed by atoms with E-state index in [4.69, 9.17) is 0 Å². The third kappa shape index (κ3) is 2.97. The molecule has 1 fully saturated rings. The summed E-state index contributed by atoms with van der Waals surface area (Å²) in [5.41, 5.74) is 3.51. The average molecular weight is 287 g/mol. The lowest BCUT2D eigenvalue weighted by atomic mass is 9.98. The molecule has 21 heavy (non-hydrogen) atoms. The summed E-state index contributed by atoms with van der Waals surface area (Å²) < 4.78 is 0. The fraction of sp³-hybridized carbons (Fsp3) is 0.588. The lowest BCUT2D eigenvalue weighted by Crippen LogP contribution is -2.53. The zero-order valence-electron chi connectivity index (χ0n) is 13.1. The van der Waals surface area contributed by atoms with Crippen molar-refractivity contribution in [2.24, 2.45) is 0 Å². The normalized spacial score (nSPS) is 23.0. The first kappa shape index (κ1) is 14.5. The van der Waals surface area contributed by atoms with E-state index in [9.17, 15) is 4.79 Å². The number of likely N-dealkylation sites (N-methyl/N-ethyl adjacent to an activating group) is 1. The minimum atomic E-state index is 0.190. The van der Waals surface area contributed by atoms with E-state index >= 15 is 0 Å². The van der Waals surface area contributed by atoms with Gasteiger partial charge in [-0.2, -0.15) is 0 Å². The summed E-state index contributed by atoms with van der Waals surface area (Å²) in [6.45, 7) is 6.77. The molecular weight excluding hydrogens is 262 g/mol. The average Bonchev–Trinajstić information content (AvgIpc) is 2.54. The smallest absolute Gasteiger partial charge is 0.253 e. The standard InChI is InChI=1S/C17H25N3O/c1-3-16-12-20(9-8-19(16)2)17(21)14-5-4-13-6-7-18-11-15(13)10-14/h4-5,10,16,18H,3,6-9,11-12H2,1-2H3. The molecule has 4 heteroatoms. The van der Waals surface area contributed by atoms with Gasteiger partial charge in [-0.15, -0.1) is 0 Å². The lowest BCUT2D eigenvalue weighted by Gasteiger charge is -2.39. The Morgan fingerprint density at radius 1 is 1.33 bits per heavy atom. The summed E-state index contributed by atoms with van der Waals surface area (Å²) in [6.07, 6.45) is 2.16. The first-order valence-corrected chi connectivity index (χ1v) is 8.01. The molecule has 1 amide bonds. The van der Waals surface area contributed by atoms with Gasteiger partial charge in [0, 0.05) is 37.8 Å².